The fourth-order valence-corrected chi connectivity index (χ4v) is 3.95. The maximum atomic E-state index is 12.5. The fourth-order valence-electron chi connectivity index (χ4n) is 3.95. The molecule has 0 aliphatic carbocycles. The molecule has 1 atom stereocenters. The number of furan rings is 1. The Labute approximate surface area is 172 Å². The second kappa shape index (κ2) is 8.80. The zero-order chi connectivity index (χ0) is 20.2. The minimum Gasteiger partial charge on any atom is -0.459 e. The maximum absolute atomic E-state index is 12.5. The fraction of sp³-hybridized carbons (Fsp3) is 0.375. The largest absolute Gasteiger partial charge is 0.459 e. The van der Waals surface area contributed by atoms with Gasteiger partial charge in [-0.2, -0.15) is 0 Å². The predicted octanol–water partition coefficient (Wildman–Crippen LogP) is 3.74. The van der Waals surface area contributed by atoms with Crippen LogP contribution in [0.3, 0.4) is 0 Å². The summed E-state index contributed by atoms with van der Waals surface area (Å²) in [6, 6.07) is 18.5. The van der Waals surface area contributed by atoms with Gasteiger partial charge in [-0.15, -0.1) is 0 Å². The van der Waals surface area contributed by atoms with Crippen molar-refractivity contribution in [1.29, 1.82) is 0 Å². The summed E-state index contributed by atoms with van der Waals surface area (Å²) in [6.45, 7) is 9.31. The van der Waals surface area contributed by atoms with Crippen LogP contribution in [0.2, 0.25) is 0 Å². The molecule has 5 nitrogen and oxygen atoms in total. The highest BCUT2D eigenvalue weighted by molar-refractivity contribution is 5.80. The van der Waals surface area contributed by atoms with Gasteiger partial charge in [-0.1, -0.05) is 48.0 Å². The number of rotatable bonds is 6. The summed E-state index contributed by atoms with van der Waals surface area (Å²) in [6.07, 6.45) is 0. The number of fused-ring (bicyclic) bond motifs is 1. The molecule has 0 unspecified atom stereocenters. The average Bonchev–Trinajstić information content (AvgIpc) is 3.14. The Morgan fingerprint density at radius 2 is 1.79 bits per heavy atom. The van der Waals surface area contributed by atoms with E-state index in [1.165, 1.54) is 11.1 Å². The van der Waals surface area contributed by atoms with Gasteiger partial charge in [0.2, 0.25) is 5.91 Å². The molecule has 1 aliphatic rings. The second-order valence-electron chi connectivity index (χ2n) is 8.02. The van der Waals surface area contributed by atoms with Crippen molar-refractivity contribution in [3.63, 3.8) is 0 Å². The molecule has 5 heteroatoms. The first-order chi connectivity index (χ1) is 14.1. The van der Waals surface area contributed by atoms with Crippen molar-refractivity contribution in [2.45, 2.75) is 26.4 Å². The molecule has 4 rings (SSSR count). The summed E-state index contributed by atoms with van der Waals surface area (Å²) < 4.78 is 5.86. The summed E-state index contributed by atoms with van der Waals surface area (Å²) in [5.74, 6) is 0.840. The lowest BCUT2D eigenvalue weighted by atomic mass is 10.1. The smallest absolute Gasteiger partial charge is 0.234 e. The van der Waals surface area contributed by atoms with E-state index in [4.69, 9.17) is 4.42 Å². The van der Waals surface area contributed by atoms with Crippen LogP contribution in [0.4, 0.5) is 0 Å². The Bertz CT molecular complexity index is 940. The number of hydrogen-bond donors (Lipinski definition) is 1. The summed E-state index contributed by atoms with van der Waals surface area (Å²) in [4.78, 5) is 17.2. The molecule has 1 N–H and O–H groups in total. The quantitative estimate of drug-likeness (QED) is 0.696. The van der Waals surface area contributed by atoms with Gasteiger partial charge in [0, 0.05) is 38.1 Å². The van der Waals surface area contributed by atoms with Crippen LogP contribution < -0.4 is 5.32 Å². The third-order valence-electron chi connectivity index (χ3n) is 5.57. The Hall–Kier alpha value is -2.63. The molecule has 2 aromatic carbocycles. The lowest BCUT2D eigenvalue weighted by molar-refractivity contribution is -0.123. The van der Waals surface area contributed by atoms with Crippen molar-refractivity contribution in [1.82, 2.24) is 15.1 Å². The van der Waals surface area contributed by atoms with Gasteiger partial charge in [-0.05, 0) is 31.5 Å². The maximum Gasteiger partial charge on any atom is 0.234 e. The highest BCUT2D eigenvalue weighted by Gasteiger charge is 2.21. The van der Waals surface area contributed by atoms with E-state index >= 15 is 0 Å². The second-order valence-corrected chi connectivity index (χ2v) is 8.02. The van der Waals surface area contributed by atoms with E-state index in [0.29, 0.717) is 6.54 Å². The minimum atomic E-state index is -0.141. The van der Waals surface area contributed by atoms with E-state index in [2.05, 4.69) is 46.3 Å². The highest BCUT2D eigenvalue weighted by atomic mass is 16.3. The van der Waals surface area contributed by atoms with Crippen LogP contribution in [0.15, 0.2) is 59.0 Å². The molecule has 1 fully saturated rings. The van der Waals surface area contributed by atoms with Gasteiger partial charge in [0.15, 0.2) is 0 Å². The zero-order valence-corrected chi connectivity index (χ0v) is 17.2. The Kier molecular flexibility index (Phi) is 5.97. The van der Waals surface area contributed by atoms with Crippen molar-refractivity contribution in [2.75, 3.05) is 32.7 Å². The first kappa shape index (κ1) is 19.7. The van der Waals surface area contributed by atoms with E-state index in [9.17, 15) is 4.79 Å². The normalized spacial score (nSPS) is 16.8. The van der Waals surface area contributed by atoms with Crippen LogP contribution >= 0.6 is 0 Å². The number of amides is 1. The highest BCUT2D eigenvalue weighted by Crippen LogP contribution is 2.23. The van der Waals surface area contributed by atoms with Crippen LogP contribution in [0.1, 0.15) is 29.9 Å². The molecule has 29 heavy (non-hydrogen) atoms. The lowest BCUT2D eigenvalue weighted by Crippen LogP contribution is -2.49. The molecular formula is C24H29N3O2. The molecule has 0 saturated carbocycles. The first-order valence-corrected chi connectivity index (χ1v) is 10.3. The number of piperazine rings is 1. The Morgan fingerprint density at radius 1 is 1.03 bits per heavy atom. The number of para-hydroxylation sites is 1. The molecule has 1 amide bonds. The van der Waals surface area contributed by atoms with Gasteiger partial charge in [-0.3, -0.25) is 14.6 Å². The number of nitrogens with zero attached hydrogens (tertiary/aromatic N) is 2. The molecule has 0 bridgehead atoms. The molecule has 1 saturated heterocycles. The van der Waals surface area contributed by atoms with Crippen molar-refractivity contribution in [3.05, 3.63) is 71.5 Å². The summed E-state index contributed by atoms with van der Waals surface area (Å²) in [5, 5.41) is 4.14. The van der Waals surface area contributed by atoms with Crippen molar-refractivity contribution < 1.29 is 9.21 Å². The molecule has 0 radical (unpaired) electrons. The first-order valence-electron chi connectivity index (χ1n) is 10.3. The van der Waals surface area contributed by atoms with Crippen LogP contribution in [0, 0.1) is 6.92 Å². The van der Waals surface area contributed by atoms with Crippen molar-refractivity contribution >= 4 is 16.9 Å². The topological polar surface area (TPSA) is 48.7 Å². The third kappa shape index (κ3) is 5.05. The van der Waals surface area contributed by atoms with Crippen LogP contribution in [-0.2, 0) is 11.3 Å². The van der Waals surface area contributed by atoms with Crippen LogP contribution in [0.5, 0.6) is 0 Å². The van der Waals surface area contributed by atoms with Crippen molar-refractivity contribution in [2.24, 2.45) is 0 Å². The monoisotopic (exact) mass is 391 g/mol. The molecule has 0 spiro atoms. The van der Waals surface area contributed by atoms with Gasteiger partial charge in [0.25, 0.3) is 0 Å². The standard InChI is InChI=1S/C24H29N3O2/c1-18-6-5-7-20(14-18)16-26-10-12-27(13-11-26)17-24(28)25-19(2)23-15-21-8-3-4-9-22(21)29-23/h3-9,14-15,19H,10-13,16-17H2,1-2H3,(H,25,28)/t19-/m0/s1. The van der Waals surface area contributed by atoms with Gasteiger partial charge in [-0.25, -0.2) is 0 Å². The Balaban J connectivity index is 1.24. The van der Waals surface area contributed by atoms with Crippen LogP contribution in [-0.4, -0.2) is 48.4 Å². The van der Waals surface area contributed by atoms with Gasteiger partial charge in [0.05, 0.1) is 12.6 Å². The molecule has 1 aromatic heterocycles. The molecule has 1 aliphatic heterocycles. The Morgan fingerprint density at radius 3 is 2.55 bits per heavy atom. The molecule has 152 valence electrons. The number of carbonyl (C=O) groups is 1. The summed E-state index contributed by atoms with van der Waals surface area (Å²) in [7, 11) is 0. The van der Waals surface area contributed by atoms with Gasteiger partial charge >= 0.3 is 0 Å². The van der Waals surface area contributed by atoms with Crippen molar-refractivity contribution in [3.8, 4) is 0 Å². The van der Waals surface area contributed by atoms with Gasteiger partial charge in [0.1, 0.15) is 11.3 Å². The zero-order valence-electron chi connectivity index (χ0n) is 17.2. The van der Waals surface area contributed by atoms with Crippen LogP contribution in [0.25, 0.3) is 11.0 Å². The van der Waals surface area contributed by atoms with E-state index in [-0.39, 0.29) is 11.9 Å². The predicted molar refractivity (Wildman–Crippen MR) is 116 cm³/mol. The minimum absolute atomic E-state index is 0.0464. The summed E-state index contributed by atoms with van der Waals surface area (Å²) in [5.41, 5.74) is 3.51. The number of hydrogen-bond acceptors (Lipinski definition) is 4. The van der Waals surface area contributed by atoms with E-state index in [0.717, 1.165) is 49.5 Å². The molecular weight excluding hydrogens is 362 g/mol. The lowest BCUT2D eigenvalue weighted by Gasteiger charge is -2.34. The summed E-state index contributed by atoms with van der Waals surface area (Å²) >= 11 is 0. The number of carbonyl (C=O) groups excluding carboxylic acids is 1. The number of aryl methyl sites for hydroxylation is 1. The molecule has 3 aromatic rings. The number of nitrogens with one attached hydrogen (secondary N) is 1. The van der Waals surface area contributed by atoms with E-state index in [1.54, 1.807) is 0 Å². The van der Waals surface area contributed by atoms with Gasteiger partial charge < -0.3 is 9.73 Å². The van der Waals surface area contributed by atoms with E-state index < -0.39 is 0 Å². The molecule has 2 heterocycles. The number of benzene rings is 2. The average molecular weight is 392 g/mol. The SMILES string of the molecule is Cc1cccc(CN2CCN(CC(=O)N[C@@H](C)c3cc4ccccc4o3)CC2)c1. The van der Waals surface area contributed by atoms with E-state index in [1.807, 2.05) is 37.3 Å². The third-order valence-corrected chi connectivity index (χ3v) is 5.57.